The molecule has 0 aliphatic carbocycles. The number of aromatic amines is 1. The summed E-state index contributed by atoms with van der Waals surface area (Å²) in [5.74, 6) is 0.499. The third-order valence-electron chi connectivity index (χ3n) is 6.79. The second kappa shape index (κ2) is 11.7. The summed E-state index contributed by atoms with van der Waals surface area (Å²) in [6, 6.07) is 34.3. The number of nitrogens with one attached hydrogen (secondary N) is 2. The van der Waals surface area contributed by atoms with E-state index in [2.05, 4.69) is 10.3 Å². The summed E-state index contributed by atoms with van der Waals surface area (Å²) in [5, 5.41) is 15.6. The molecule has 0 spiro atoms. The molecule has 0 atom stereocenters. The van der Waals surface area contributed by atoms with Gasteiger partial charge in [0, 0.05) is 34.3 Å². The van der Waals surface area contributed by atoms with Crippen LogP contribution in [0.2, 0.25) is 0 Å². The van der Waals surface area contributed by atoms with Gasteiger partial charge in [0.25, 0.3) is 5.69 Å². The van der Waals surface area contributed by atoms with Crippen molar-refractivity contribution in [1.29, 1.82) is 0 Å². The Morgan fingerprint density at radius 1 is 0.881 bits per heavy atom. The van der Waals surface area contributed by atoms with Crippen LogP contribution in [0.3, 0.4) is 0 Å². The van der Waals surface area contributed by atoms with Gasteiger partial charge in [-0.1, -0.05) is 90.6 Å². The van der Waals surface area contributed by atoms with E-state index < -0.39 is 4.92 Å². The molecule has 4 aromatic carbocycles. The van der Waals surface area contributed by atoms with E-state index in [4.69, 9.17) is 9.97 Å². The van der Waals surface area contributed by atoms with Crippen LogP contribution in [-0.2, 0) is 4.79 Å². The number of carbonyl (C=O) groups excluding carboxylic acids is 1. The fourth-order valence-electron chi connectivity index (χ4n) is 4.72. The summed E-state index contributed by atoms with van der Waals surface area (Å²) in [6.07, 6.45) is 0. The van der Waals surface area contributed by atoms with Crippen LogP contribution >= 0.6 is 11.8 Å². The number of aromatic nitrogens is 3. The largest absolute Gasteiger partial charge is 0.337 e. The van der Waals surface area contributed by atoms with Gasteiger partial charge in [0.05, 0.1) is 33.1 Å². The molecule has 0 saturated carbocycles. The van der Waals surface area contributed by atoms with Gasteiger partial charge < -0.3 is 10.3 Å². The lowest BCUT2D eigenvalue weighted by Crippen LogP contribution is -2.15. The number of para-hydroxylation sites is 1. The van der Waals surface area contributed by atoms with Gasteiger partial charge >= 0.3 is 0 Å². The van der Waals surface area contributed by atoms with Crippen LogP contribution in [0, 0.1) is 17.0 Å². The number of thioether (sulfide) groups is 1. The number of carbonyl (C=O) groups is 1. The van der Waals surface area contributed by atoms with Gasteiger partial charge in [0.2, 0.25) is 5.91 Å². The molecule has 2 N–H and O–H groups in total. The van der Waals surface area contributed by atoms with E-state index in [1.807, 2.05) is 91.0 Å². The normalized spacial score (nSPS) is 11.0. The van der Waals surface area contributed by atoms with Gasteiger partial charge in [0.15, 0.2) is 0 Å². The third-order valence-corrected chi connectivity index (χ3v) is 7.78. The molecule has 6 rings (SSSR count). The molecule has 2 aromatic heterocycles. The average Bonchev–Trinajstić information content (AvgIpc) is 3.47. The van der Waals surface area contributed by atoms with E-state index in [1.54, 1.807) is 13.0 Å². The topological polar surface area (TPSA) is 114 Å². The Kier molecular flexibility index (Phi) is 7.49. The lowest BCUT2D eigenvalue weighted by Gasteiger charge is -2.10. The number of imidazole rings is 1. The van der Waals surface area contributed by atoms with Crippen LogP contribution in [-0.4, -0.2) is 31.5 Å². The van der Waals surface area contributed by atoms with Crippen molar-refractivity contribution < 1.29 is 9.72 Å². The van der Waals surface area contributed by atoms with Crippen LogP contribution in [0.1, 0.15) is 5.56 Å². The summed E-state index contributed by atoms with van der Waals surface area (Å²) in [5.41, 5.74) is 6.45. The highest BCUT2D eigenvalue weighted by atomic mass is 32.2. The number of H-pyrrole nitrogens is 1. The first-order chi connectivity index (χ1) is 20.5. The molecular weight excluding hydrogens is 546 g/mol. The molecule has 0 radical (unpaired) electrons. The molecule has 0 fully saturated rings. The molecule has 6 aromatic rings. The fraction of sp³-hybridized carbons (Fsp3) is 0.0606. The first-order valence-corrected chi connectivity index (χ1v) is 14.2. The van der Waals surface area contributed by atoms with E-state index >= 15 is 0 Å². The molecule has 206 valence electrons. The number of nitro groups is 1. The Morgan fingerprint density at radius 2 is 1.57 bits per heavy atom. The lowest BCUT2D eigenvalue weighted by atomic mass is 10.1. The Hall–Kier alpha value is -5.28. The Bertz CT molecular complexity index is 1870. The molecule has 0 unspecified atom stereocenters. The maximum absolute atomic E-state index is 13.0. The van der Waals surface area contributed by atoms with Gasteiger partial charge in [-0.15, -0.1) is 0 Å². The molecule has 0 bridgehead atoms. The van der Waals surface area contributed by atoms with E-state index in [9.17, 15) is 14.9 Å². The number of fused-ring (bicyclic) bond motifs is 1. The van der Waals surface area contributed by atoms with Crippen LogP contribution < -0.4 is 5.32 Å². The van der Waals surface area contributed by atoms with Crippen molar-refractivity contribution in [1.82, 2.24) is 15.0 Å². The van der Waals surface area contributed by atoms with E-state index in [0.717, 1.165) is 39.0 Å². The Labute approximate surface area is 246 Å². The molecule has 0 saturated heterocycles. The fourth-order valence-corrected chi connectivity index (χ4v) is 5.53. The van der Waals surface area contributed by atoms with Gasteiger partial charge in [-0.05, 0) is 30.7 Å². The number of aryl methyl sites for hydroxylation is 1. The smallest absolute Gasteiger partial charge is 0.269 e. The molecule has 0 aliphatic rings. The molecule has 2 heterocycles. The van der Waals surface area contributed by atoms with Crippen LogP contribution in [0.15, 0.2) is 114 Å². The minimum Gasteiger partial charge on any atom is -0.337 e. The summed E-state index contributed by atoms with van der Waals surface area (Å²) < 4.78 is 0. The van der Waals surface area contributed by atoms with Gasteiger partial charge in [-0.3, -0.25) is 14.9 Å². The number of benzene rings is 4. The Balaban J connectivity index is 1.36. The highest BCUT2D eigenvalue weighted by Crippen LogP contribution is 2.37. The maximum Gasteiger partial charge on any atom is 0.269 e. The maximum atomic E-state index is 13.0. The van der Waals surface area contributed by atoms with E-state index in [1.165, 1.54) is 23.9 Å². The van der Waals surface area contributed by atoms with Crippen molar-refractivity contribution in [2.75, 3.05) is 11.1 Å². The number of non-ortho nitro benzene ring substituents is 1. The highest BCUT2D eigenvalue weighted by Gasteiger charge is 2.20. The number of hydrogen-bond donors (Lipinski definition) is 2. The molecular formula is C33H25N5O3S. The zero-order chi connectivity index (χ0) is 29.1. The predicted molar refractivity (Wildman–Crippen MR) is 167 cm³/mol. The first kappa shape index (κ1) is 26.9. The number of anilines is 1. The summed E-state index contributed by atoms with van der Waals surface area (Å²) in [6.45, 7) is 1.73. The van der Waals surface area contributed by atoms with Crippen molar-refractivity contribution in [3.8, 4) is 33.9 Å². The monoisotopic (exact) mass is 571 g/mol. The quantitative estimate of drug-likeness (QED) is 0.109. The van der Waals surface area contributed by atoms with Crippen molar-refractivity contribution in [2.45, 2.75) is 11.9 Å². The summed E-state index contributed by atoms with van der Waals surface area (Å²) >= 11 is 1.31. The van der Waals surface area contributed by atoms with Crippen LogP contribution in [0.4, 0.5) is 11.4 Å². The molecule has 42 heavy (non-hydrogen) atoms. The van der Waals surface area contributed by atoms with E-state index in [-0.39, 0.29) is 17.3 Å². The van der Waals surface area contributed by atoms with E-state index in [0.29, 0.717) is 22.1 Å². The Morgan fingerprint density at radius 3 is 2.29 bits per heavy atom. The van der Waals surface area contributed by atoms with Gasteiger partial charge in [-0.2, -0.15) is 0 Å². The second-order valence-corrected chi connectivity index (χ2v) is 10.6. The van der Waals surface area contributed by atoms with Crippen LogP contribution in [0.5, 0.6) is 0 Å². The molecule has 9 heteroatoms. The zero-order valence-electron chi connectivity index (χ0n) is 22.6. The van der Waals surface area contributed by atoms with Crippen molar-refractivity contribution in [2.24, 2.45) is 0 Å². The lowest BCUT2D eigenvalue weighted by molar-refractivity contribution is -0.384. The van der Waals surface area contributed by atoms with Crippen molar-refractivity contribution >= 4 is 39.9 Å². The molecule has 1 amide bonds. The number of pyridine rings is 1. The SMILES string of the molecule is Cc1cc([N+](=O)[O-])ccc1NC(=O)CSc1nc2ccccc2cc1-c1nc(-c2ccccc2)c(-c2ccccc2)[nH]1. The van der Waals surface area contributed by atoms with Crippen LogP contribution in [0.25, 0.3) is 44.8 Å². The van der Waals surface area contributed by atoms with Gasteiger partial charge in [0.1, 0.15) is 10.9 Å². The second-order valence-electron chi connectivity index (χ2n) is 9.67. The van der Waals surface area contributed by atoms with Gasteiger partial charge in [-0.25, -0.2) is 9.97 Å². The molecule has 0 aliphatic heterocycles. The first-order valence-electron chi connectivity index (χ1n) is 13.2. The number of amides is 1. The summed E-state index contributed by atoms with van der Waals surface area (Å²) in [7, 11) is 0. The van der Waals surface area contributed by atoms with Crippen molar-refractivity contribution in [3.63, 3.8) is 0 Å². The number of rotatable bonds is 8. The third kappa shape index (κ3) is 5.63. The number of nitro benzene ring substituents is 1. The minimum absolute atomic E-state index is 0.0203. The standard InChI is InChI=1S/C33H25N5O3S/c1-21-18-25(38(40)41)16-17-27(21)34-29(39)20-42-33-26(19-24-14-8-9-15-28(24)35-33)32-36-30(22-10-4-2-5-11-22)31(37-32)23-12-6-3-7-13-23/h2-19H,20H2,1H3,(H,34,39)(H,36,37). The molecule has 8 nitrogen and oxygen atoms in total. The summed E-state index contributed by atoms with van der Waals surface area (Å²) in [4.78, 5) is 37.1. The zero-order valence-corrected chi connectivity index (χ0v) is 23.4. The average molecular weight is 572 g/mol. The van der Waals surface area contributed by atoms with Crippen molar-refractivity contribution in [3.05, 3.63) is 125 Å². The highest BCUT2D eigenvalue weighted by molar-refractivity contribution is 8.00. The number of hydrogen-bond acceptors (Lipinski definition) is 6. The minimum atomic E-state index is -0.456. The predicted octanol–water partition coefficient (Wildman–Crippen LogP) is 7.91. The number of nitrogens with zero attached hydrogens (tertiary/aromatic N) is 3.